The van der Waals surface area contributed by atoms with E-state index >= 15 is 0 Å². The largest absolute Gasteiger partial charge is 0.444 e. The summed E-state index contributed by atoms with van der Waals surface area (Å²) in [7, 11) is 0. The van der Waals surface area contributed by atoms with E-state index < -0.39 is 11.7 Å². The average Bonchev–Trinajstić information content (AvgIpc) is 2.18. The van der Waals surface area contributed by atoms with E-state index in [4.69, 9.17) is 4.74 Å². The Labute approximate surface area is 114 Å². The van der Waals surface area contributed by atoms with Crippen molar-refractivity contribution in [2.45, 2.75) is 32.9 Å². The molecule has 1 amide bonds. The number of alkyl carbamates (subject to hydrolysis) is 1. The van der Waals surface area contributed by atoms with E-state index in [0.29, 0.717) is 13.1 Å². The van der Waals surface area contributed by atoms with Crippen LogP contribution < -0.4 is 10.9 Å². The van der Waals surface area contributed by atoms with E-state index in [0.717, 1.165) is 4.47 Å². The average molecular weight is 317 g/mol. The summed E-state index contributed by atoms with van der Waals surface area (Å²) < 4.78 is 7.34. The molecule has 5 nitrogen and oxygen atoms in total. The van der Waals surface area contributed by atoms with Gasteiger partial charge in [-0.15, -0.1) is 0 Å². The zero-order valence-electron chi connectivity index (χ0n) is 10.7. The summed E-state index contributed by atoms with van der Waals surface area (Å²) in [5.74, 6) is 0. The maximum Gasteiger partial charge on any atom is 0.407 e. The zero-order chi connectivity index (χ0) is 13.8. The van der Waals surface area contributed by atoms with Gasteiger partial charge in [0, 0.05) is 29.8 Å². The number of nitrogens with zero attached hydrogens (tertiary/aromatic N) is 1. The van der Waals surface area contributed by atoms with Gasteiger partial charge < -0.3 is 14.6 Å². The van der Waals surface area contributed by atoms with Crippen molar-refractivity contribution in [2.24, 2.45) is 0 Å². The van der Waals surface area contributed by atoms with E-state index in [1.165, 1.54) is 10.6 Å². The summed E-state index contributed by atoms with van der Waals surface area (Å²) in [5.41, 5.74) is -0.631. The number of aromatic nitrogens is 1. The quantitative estimate of drug-likeness (QED) is 0.929. The SMILES string of the molecule is CC(C)(C)OC(=O)NCCn1ccc(Br)cc1=O. The fourth-order valence-corrected chi connectivity index (χ4v) is 1.57. The molecule has 0 saturated carbocycles. The first-order chi connectivity index (χ1) is 8.28. The van der Waals surface area contributed by atoms with Gasteiger partial charge in [-0.05, 0) is 26.8 Å². The Hall–Kier alpha value is -1.30. The molecule has 0 aliphatic rings. The number of hydrogen-bond donors (Lipinski definition) is 1. The van der Waals surface area contributed by atoms with Crippen LogP contribution in [-0.2, 0) is 11.3 Å². The van der Waals surface area contributed by atoms with Crippen molar-refractivity contribution in [3.63, 3.8) is 0 Å². The van der Waals surface area contributed by atoms with Gasteiger partial charge in [-0.25, -0.2) is 4.79 Å². The third kappa shape index (κ3) is 5.35. The predicted molar refractivity (Wildman–Crippen MR) is 72.6 cm³/mol. The molecule has 1 aromatic rings. The molecule has 6 heteroatoms. The number of amides is 1. The van der Waals surface area contributed by atoms with Crippen LogP contribution in [0.3, 0.4) is 0 Å². The lowest BCUT2D eigenvalue weighted by Gasteiger charge is -2.19. The lowest BCUT2D eigenvalue weighted by Crippen LogP contribution is -2.35. The van der Waals surface area contributed by atoms with Crippen LogP contribution in [0.2, 0.25) is 0 Å². The highest BCUT2D eigenvalue weighted by Crippen LogP contribution is 2.06. The Morgan fingerprint density at radius 3 is 2.72 bits per heavy atom. The second-order valence-electron chi connectivity index (χ2n) is 4.81. The first-order valence-electron chi connectivity index (χ1n) is 5.61. The first kappa shape index (κ1) is 14.8. The number of pyridine rings is 1. The summed E-state index contributed by atoms with van der Waals surface area (Å²) in [5, 5.41) is 2.60. The third-order valence-electron chi connectivity index (χ3n) is 1.98. The fourth-order valence-electron chi connectivity index (χ4n) is 1.26. The molecule has 0 fully saturated rings. The molecule has 0 aliphatic heterocycles. The number of ether oxygens (including phenoxy) is 1. The van der Waals surface area contributed by atoms with Crippen LogP contribution >= 0.6 is 15.9 Å². The topological polar surface area (TPSA) is 60.3 Å². The van der Waals surface area contributed by atoms with Crippen molar-refractivity contribution < 1.29 is 9.53 Å². The van der Waals surface area contributed by atoms with Crippen molar-refractivity contribution >= 4 is 22.0 Å². The van der Waals surface area contributed by atoms with Crippen LogP contribution in [0.25, 0.3) is 0 Å². The molecule has 0 bridgehead atoms. The summed E-state index contributed by atoms with van der Waals surface area (Å²) >= 11 is 3.22. The molecule has 1 aromatic heterocycles. The van der Waals surface area contributed by atoms with Gasteiger partial charge in [-0.2, -0.15) is 0 Å². The van der Waals surface area contributed by atoms with Crippen LogP contribution in [0.1, 0.15) is 20.8 Å². The number of rotatable bonds is 3. The predicted octanol–water partition coefficient (Wildman–Crippen LogP) is 2.14. The number of halogens is 1. The minimum Gasteiger partial charge on any atom is -0.444 e. The maximum absolute atomic E-state index is 11.5. The van der Waals surface area contributed by atoms with Crippen molar-refractivity contribution in [3.05, 3.63) is 33.2 Å². The maximum atomic E-state index is 11.5. The first-order valence-corrected chi connectivity index (χ1v) is 6.40. The molecule has 100 valence electrons. The van der Waals surface area contributed by atoms with Gasteiger partial charge in [0.1, 0.15) is 5.60 Å². The van der Waals surface area contributed by atoms with Crippen LogP contribution in [0.15, 0.2) is 27.6 Å². The highest BCUT2D eigenvalue weighted by Gasteiger charge is 2.15. The Morgan fingerprint density at radius 1 is 1.50 bits per heavy atom. The molecule has 0 unspecified atom stereocenters. The molecule has 1 rings (SSSR count). The lowest BCUT2D eigenvalue weighted by atomic mass is 10.2. The van der Waals surface area contributed by atoms with Gasteiger partial charge in [-0.3, -0.25) is 4.79 Å². The molecule has 0 saturated heterocycles. The van der Waals surface area contributed by atoms with Crippen molar-refractivity contribution in [3.8, 4) is 0 Å². The molecule has 1 N–H and O–H groups in total. The Morgan fingerprint density at radius 2 is 2.17 bits per heavy atom. The van der Waals surface area contributed by atoms with E-state index in [-0.39, 0.29) is 5.56 Å². The highest BCUT2D eigenvalue weighted by atomic mass is 79.9. The highest BCUT2D eigenvalue weighted by molar-refractivity contribution is 9.10. The van der Waals surface area contributed by atoms with Gasteiger partial charge in [0.05, 0.1) is 0 Å². The van der Waals surface area contributed by atoms with Crippen molar-refractivity contribution in [1.82, 2.24) is 9.88 Å². The molecule has 1 heterocycles. The van der Waals surface area contributed by atoms with Crippen molar-refractivity contribution in [2.75, 3.05) is 6.54 Å². The van der Waals surface area contributed by atoms with E-state index in [9.17, 15) is 9.59 Å². The van der Waals surface area contributed by atoms with Gasteiger partial charge in [0.2, 0.25) is 0 Å². The van der Waals surface area contributed by atoms with Gasteiger partial charge >= 0.3 is 6.09 Å². The number of carbonyl (C=O) groups is 1. The summed E-state index contributed by atoms with van der Waals surface area (Å²) in [6.45, 7) is 6.14. The fraction of sp³-hybridized carbons (Fsp3) is 0.500. The zero-order valence-corrected chi connectivity index (χ0v) is 12.3. The minimum absolute atomic E-state index is 0.115. The lowest BCUT2D eigenvalue weighted by molar-refractivity contribution is 0.0526. The van der Waals surface area contributed by atoms with Gasteiger partial charge in [-0.1, -0.05) is 15.9 Å². The second kappa shape index (κ2) is 6.04. The molecule has 0 radical (unpaired) electrons. The molecule has 0 atom stereocenters. The van der Waals surface area contributed by atoms with Crippen LogP contribution in [0.4, 0.5) is 4.79 Å². The molecule has 0 aromatic carbocycles. The molecule has 18 heavy (non-hydrogen) atoms. The summed E-state index contributed by atoms with van der Waals surface area (Å²) in [6, 6.07) is 3.25. The van der Waals surface area contributed by atoms with Gasteiger partial charge in [0.25, 0.3) is 5.56 Å². The summed E-state index contributed by atoms with van der Waals surface area (Å²) in [6.07, 6.45) is 1.19. The third-order valence-corrected chi connectivity index (χ3v) is 2.47. The van der Waals surface area contributed by atoms with E-state index in [1.54, 1.807) is 33.0 Å². The molecule has 0 spiro atoms. The number of hydrogen-bond acceptors (Lipinski definition) is 3. The molecular formula is C12H17BrN2O3. The smallest absolute Gasteiger partial charge is 0.407 e. The monoisotopic (exact) mass is 316 g/mol. The van der Waals surface area contributed by atoms with Crippen LogP contribution in [-0.4, -0.2) is 22.8 Å². The Bertz CT molecular complexity index is 477. The standard InChI is InChI=1S/C12H17BrN2O3/c1-12(2,3)18-11(17)14-5-7-15-6-4-9(13)8-10(15)16/h4,6,8H,5,7H2,1-3H3,(H,14,17). The number of carbonyl (C=O) groups excluding carboxylic acids is 1. The van der Waals surface area contributed by atoms with Crippen molar-refractivity contribution in [1.29, 1.82) is 0 Å². The second-order valence-corrected chi connectivity index (χ2v) is 5.72. The molecular weight excluding hydrogens is 300 g/mol. The summed E-state index contributed by atoms with van der Waals surface area (Å²) in [4.78, 5) is 22.9. The van der Waals surface area contributed by atoms with Gasteiger partial charge in [0.15, 0.2) is 0 Å². The van der Waals surface area contributed by atoms with E-state index in [2.05, 4.69) is 21.2 Å². The Balaban J connectivity index is 2.43. The Kier molecular flexibility index (Phi) is 4.95. The van der Waals surface area contributed by atoms with Crippen LogP contribution in [0.5, 0.6) is 0 Å². The normalized spacial score (nSPS) is 11.1. The van der Waals surface area contributed by atoms with E-state index in [1.807, 2.05) is 0 Å². The molecule has 0 aliphatic carbocycles. The minimum atomic E-state index is -0.515. The number of nitrogens with one attached hydrogen (secondary N) is 1. The van der Waals surface area contributed by atoms with Crippen LogP contribution in [0, 0.1) is 0 Å².